The summed E-state index contributed by atoms with van der Waals surface area (Å²) in [5, 5.41) is 1.17. The zero-order valence-electron chi connectivity index (χ0n) is 22.3. The molecule has 0 saturated heterocycles. The maximum atomic E-state index is 14.5. The molecule has 0 aliphatic carbocycles. The largest absolute Gasteiger partial charge is 0.340 e. The van der Waals surface area contributed by atoms with Gasteiger partial charge in [0.2, 0.25) is 0 Å². The highest BCUT2D eigenvalue weighted by molar-refractivity contribution is 5.99. The number of benzene rings is 2. The summed E-state index contributed by atoms with van der Waals surface area (Å²) in [7, 11) is 0. The Morgan fingerprint density at radius 3 is 2.31 bits per heavy atom. The molecule has 4 aromatic rings. The van der Waals surface area contributed by atoms with Gasteiger partial charge >= 0.3 is 0 Å². The third-order valence-corrected chi connectivity index (χ3v) is 5.51. The SMILES string of the molecule is C/C=C\c1ccc2c(c1)c(-c1cccnc1C)c(C)n2Cc1cc(C)ccc1F.C=CC.CCC. The molecule has 2 aromatic carbocycles. The average Bonchev–Trinajstić information content (AvgIpc) is 3.08. The van der Waals surface area contributed by atoms with Gasteiger partial charge in [-0.1, -0.05) is 68.3 Å². The van der Waals surface area contributed by atoms with Crippen LogP contribution in [0.1, 0.15) is 62.2 Å². The Bertz CT molecular complexity index is 1290. The van der Waals surface area contributed by atoms with Crippen molar-refractivity contribution in [2.45, 2.75) is 61.4 Å². The average molecular weight is 471 g/mol. The fourth-order valence-electron chi connectivity index (χ4n) is 4.08. The molecule has 4 rings (SSSR count). The fourth-order valence-corrected chi connectivity index (χ4v) is 4.08. The fraction of sp³-hybridized carbons (Fsp3) is 0.281. The van der Waals surface area contributed by atoms with Gasteiger partial charge < -0.3 is 4.57 Å². The van der Waals surface area contributed by atoms with Crippen LogP contribution >= 0.6 is 0 Å². The van der Waals surface area contributed by atoms with E-state index < -0.39 is 0 Å². The van der Waals surface area contributed by atoms with E-state index in [0.717, 1.165) is 33.6 Å². The van der Waals surface area contributed by atoms with Gasteiger partial charge in [0.05, 0.1) is 6.54 Å². The topological polar surface area (TPSA) is 17.8 Å². The second kappa shape index (κ2) is 13.4. The Labute approximate surface area is 210 Å². The van der Waals surface area contributed by atoms with Crippen LogP contribution in [0.4, 0.5) is 4.39 Å². The van der Waals surface area contributed by atoms with Gasteiger partial charge in [0, 0.05) is 45.2 Å². The van der Waals surface area contributed by atoms with Crippen molar-refractivity contribution in [1.29, 1.82) is 0 Å². The lowest BCUT2D eigenvalue weighted by molar-refractivity contribution is 0.600. The molecule has 2 nitrogen and oxygen atoms in total. The van der Waals surface area contributed by atoms with Gasteiger partial charge in [-0.3, -0.25) is 4.98 Å². The molecule has 2 heterocycles. The minimum Gasteiger partial charge on any atom is -0.340 e. The van der Waals surface area contributed by atoms with Gasteiger partial charge in [-0.05, 0) is 64.4 Å². The van der Waals surface area contributed by atoms with Crippen molar-refractivity contribution in [3.63, 3.8) is 0 Å². The predicted molar refractivity (Wildman–Crippen MR) is 151 cm³/mol. The maximum Gasteiger partial charge on any atom is 0.128 e. The summed E-state index contributed by atoms with van der Waals surface area (Å²) in [6.45, 7) is 18.2. The number of pyridine rings is 1. The molecule has 3 heteroatoms. The quantitative estimate of drug-likeness (QED) is 0.272. The molecule has 0 aliphatic rings. The van der Waals surface area contributed by atoms with Crippen LogP contribution < -0.4 is 0 Å². The molecule has 0 spiro atoms. The molecule has 0 aliphatic heterocycles. The Kier molecular flexibility index (Phi) is 10.7. The molecule has 0 amide bonds. The molecule has 0 bridgehead atoms. The van der Waals surface area contributed by atoms with E-state index in [4.69, 9.17) is 0 Å². The summed E-state index contributed by atoms with van der Waals surface area (Å²) < 4.78 is 16.7. The zero-order valence-corrected chi connectivity index (χ0v) is 22.3. The van der Waals surface area contributed by atoms with Crippen LogP contribution in [0.2, 0.25) is 0 Å². The summed E-state index contributed by atoms with van der Waals surface area (Å²) in [6.07, 6.45) is 8.97. The number of hydrogen-bond donors (Lipinski definition) is 0. The van der Waals surface area contributed by atoms with Crippen molar-refractivity contribution >= 4 is 17.0 Å². The van der Waals surface area contributed by atoms with Crippen molar-refractivity contribution in [2.75, 3.05) is 0 Å². The van der Waals surface area contributed by atoms with Crippen molar-refractivity contribution in [2.24, 2.45) is 0 Å². The minimum absolute atomic E-state index is 0.165. The van der Waals surface area contributed by atoms with Crippen molar-refractivity contribution in [1.82, 2.24) is 9.55 Å². The van der Waals surface area contributed by atoms with E-state index in [2.05, 4.69) is 67.2 Å². The Morgan fingerprint density at radius 2 is 1.69 bits per heavy atom. The number of hydrogen-bond acceptors (Lipinski definition) is 1. The molecule has 0 N–H and O–H groups in total. The van der Waals surface area contributed by atoms with E-state index in [9.17, 15) is 4.39 Å². The molecule has 0 atom stereocenters. The maximum absolute atomic E-state index is 14.5. The second-order valence-corrected chi connectivity index (χ2v) is 8.67. The number of rotatable bonds is 4. The minimum atomic E-state index is -0.165. The first-order valence-electron chi connectivity index (χ1n) is 12.3. The van der Waals surface area contributed by atoms with Crippen molar-refractivity contribution < 1.29 is 4.39 Å². The van der Waals surface area contributed by atoms with Crippen LogP contribution in [0.25, 0.3) is 28.1 Å². The van der Waals surface area contributed by atoms with Crippen LogP contribution in [0.5, 0.6) is 0 Å². The zero-order chi connectivity index (χ0) is 26.0. The summed E-state index contributed by atoms with van der Waals surface area (Å²) >= 11 is 0. The molecule has 0 saturated carbocycles. The summed E-state index contributed by atoms with van der Waals surface area (Å²) in [5.74, 6) is -0.165. The number of halogens is 1. The molecule has 35 heavy (non-hydrogen) atoms. The van der Waals surface area contributed by atoms with E-state index in [1.165, 1.54) is 17.4 Å². The third-order valence-electron chi connectivity index (χ3n) is 5.51. The van der Waals surface area contributed by atoms with E-state index in [0.29, 0.717) is 12.1 Å². The molecule has 2 aromatic heterocycles. The predicted octanol–water partition coefficient (Wildman–Crippen LogP) is 9.46. The van der Waals surface area contributed by atoms with E-state index in [-0.39, 0.29) is 5.82 Å². The van der Waals surface area contributed by atoms with Crippen LogP contribution in [0, 0.1) is 26.6 Å². The first kappa shape index (κ1) is 27.8. The lowest BCUT2D eigenvalue weighted by Crippen LogP contribution is -2.04. The highest BCUT2D eigenvalue weighted by Gasteiger charge is 2.18. The van der Waals surface area contributed by atoms with Crippen LogP contribution in [-0.4, -0.2) is 9.55 Å². The Hall–Kier alpha value is -3.46. The molecule has 0 unspecified atom stereocenters. The molecule has 0 radical (unpaired) electrons. The lowest BCUT2D eigenvalue weighted by Gasteiger charge is -2.11. The first-order chi connectivity index (χ1) is 16.8. The standard InChI is InChI=1S/C26H25FN2.C3H8.C3H6/c1-5-7-20-10-12-25-23(15-20)26(22-8-6-13-28-18(22)3)19(4)29(25)16-21-14-17(2)9-11-24(21)27;2*1-3-2/h5-15H,16H2,1-4H3;3H2,1-2H3;3H,1H2,2H3/b7-5-;;. The highest BCUT2D eigenvalue weighted by atomic mass is 19.1. The molecular weight excluding hydrogens is 431 g/mol. The lowest BCUT2D eigenvalue weighted by atomic mass is 10.00. The van der Waals surface area contributed by atoms with Crippen LogP contribution in [-0.2, 0) is 6.54 Å². The van der Waals surface area contributed by atoms with E-state index >= 15 is 0 Å². The number of fused-ring (bicyclic) bond motifs is 1. The summed E-state index contributed by atoms with van der Waals surface area (Å²) in [6, 6.07) is 15.9. The third kappa shape index (κ3) is 6.79. The Morgan fingerprint density at radius 1 is 1.00 bits per heavy atom. The van der Waals surface area contributed by atoms with Crippen LogP contribution in [0.15, 0.2) is 73.5 Å². The van der Waals surface area contributed by atoms with Gasteiger partial charge in [0.25, 0.3) is 0 Å². The van der Waals surface area contributed by atoms with Gasteiger partial charge in [-0.2, -0.15) is 0 Å². The van der Waals surface area contributed by atoms with Gasteiger partial charge in [0.1, 0.15) is 5.82 Å². The van der Waals surface area contributed by atoms with E-state index in [1.807, 2.05) is 58.2 Å². The molecular formula is C32H39FN2. The second-order valence-electron chi connectivity index (χ2n) is 8.67. The monoisotopic (exact) mass is 470 g/mol. The highest BCUT2D eigenvalue weighted by Crippen LogP contribution is 2.37. The van der Waals surface area contributed by atoms with Crippen LogP contribution in [0.3, 0.4) is 0 Å². The summed E-state index contributed by atoms with van der Waals surface area (Å²) in [5.41, 5.74) is 8.44. The van der Waals surface area contributed by atoms with E-state index in [1.54, 1.807) is 12.1 Å². The number of allylic oxidation sites excluding steroid dienone is 2. The van der Waals surface area contributed by atoms with Gasteiger partial charge in [-0.15, -0.1) is 6.58 Å². The molecule has 184 valence electrons. The van der Waals surface area contributed by atoms with Gasteiger partial charge in [0.15, 0.2) is 0 Å². The Balaban J connectivity index is 0.000000655. The summed E-state index contributed by atoms with van der Waals surface area (Å²) in [4.78, 5) is 4.50. The normalized spacial score (nSPS) is 10.5. The first-order valence-corrected chi connectivity index (χ1v) is 12.3. The number of aryl methyl sites for hydroxylation is 2. The number of nitrogens with zero attached hydrogens (tertiary/aromatic N) is 2. The van der Waals surface area contributed by atoms with Gasteiger partial charge in [-0.25, -0.2) is 4.39 Å². The smallest absolute Gasteiger partial charge is 0.128 e. The van der Waals surface area contributed by atoms with Crippen molar-refractivity contribution in [3.8, 4) is 11.1 Å². The molecule has 0 fully saturated rings. The number of aromatic nitrogens is 2. The van der Waals surface area contributed by atoms with Crippen molar-refractivity contribution in [3.05, 3.63) is 107 Å².